The topological polar surface area (TPSA) is 55.8 Å². The molecular weight excluding hydrogens is 418 g/mol. The molecule has 0 saturated carbocycles. The molecule has 2 aromatic heterocycles. The summed E-state index contributed by atoms with van der Waals surface area (Å²) < 4.78 is 12.5. The zero-order chi connectivity index (χ0) is 21.0. The molecule has 30 heavy (non-hydrogen) atoms. The average Bonchev–Trinajstić information content (AvgIpc) is 3.51. The second-order valence-electron chi connectivity index (χ2n) is 7.89. The van der Waals surface area contributed by atoms with Crippen LogP contribution >= 0.6 is 22.7 Å². The Bertz CT molecular complexity index is 909. The van der Waals surface area contributed by atoms with E-state index in [0.717, 1.165) is 36.3 Å². The standard InChI is InChI=1S/C23H26NO4S2/c1-24(13-14-27-18-7-3-2-4-8-18)12-11-19(17-24)28-22(25)23(26,20-9-5-15-29-20)21-10-6-16-30-21/h2-10,15-16,19,26H,11-14,17H2,1H3/q+1. The van der Waals surface area contributed by atoms with Crippen molar-refractivity contribution in [2.45, 2.75) is 18.1 Å². The number of likely N-dealkylation sites (N-methyl/N-ethyl adjacent to an activating group) is 1. The number of ether oxygens (including phenoxy) is 2. The largest absolute Gasteiger partial charge is 0.488 e. The number of hydrogen-bond acceptors (Lipinski definition) is 6. The Morgan fingerprint density at radius 2 is 1.77 bits per heavy atom. The van der Waals surface area contributed by atoms with E-state index in [-0.39, 0.29) is 6.10 Å². The van der Waals surface area contributed by atoms with E-state index in [1.54, 1.807) is 12.1 Å². The molecule has 7 heteroatoms. The van der Waals surface area contributed by atoms with Crippen molar-refractivity contribution in [3.63, 3.8) is 0 Å². The van der Waals surface area contributed by atoms with Crippen LogP contribution < -0.4 is 4.74 Å². The second-order valence-corrected chi connectivity index (χ2v) is 9.79. The molecule has 1 aliphatic heterocycles. The number of carbonyl (C=O) groups excluding carboxylic acids is 1. The number of likely N-dealkylation sites (tertiary alicyclic amines) is 1. The Labute approximate surface area is 184 Å². The summed E-state index contributed by atoms with van der Waals surface area (Å²) in [4.78, 5) is 14.3. The molecule has 1 aliphatic rings. The van der Waals surface area contributed by atoms with Crippen molar-refractivity contribution in [1.82, 2.24) is 0 Å². The minimum absolute atomic E-state index is 0.217. The number of esters is 1. The van der Waals surface area contributed by atoms with E-state index < -0.39 is 11.6 Å². The van der Waals surface area contributed by atoms with Gasteiger partial charge in [-0.1, -0.05) is 30.3 Å². The molecular formula is C23H26NO4S2+. The molecule has 2 atom stereocenters. The number of carbonyl (C=O) groups is 1. The smallest absolute Gasteiger partial charge is 0.349 e. The van der Waals surface area contributed by atoms with Crippen LogP contribution in [-0.4, -0.2) is 55.0 Å². The molecule has 0 aliphatic carbocycles. The summed E-state index contributed by atoms with van der Waals surface area (Å²) in [6, 6.07) is 17.0. The number of hydrogen-bond donors (Lipinski definition) is 1. The van der Waals surface area contributed by atoms with E-state index in [4.69, 9.17) is 9.47 Å². The van der Waals surface area contributed by atoms with Crippen LogP contribution in [-0.2, 0) is 15.1 Å². The third kappa shape index (κ3) is 4.44. The highest BCUT2D eigenvalue weighted by molar-refractivity contribution is 7.12. The van der Waals surface area contributed by atoms with E-state index >= 15 is 0 Å². The second kappa shape index (κ2) is 8.89. The summed E-state index contributed by atoms with van der Waals surface area (Å²) in [7, 11) is 2.16. The van der Waals surface area contributed by atoms with Crippen LogP contribution in [0.1, 0.15) is 16.2 Å². The molecule has 1 aromatic carbocycles. The molecule has 0 bridgehead atoms. The van der Waals surface area contributed by atoms with Gasteiger partial charge in [0.05, 0.1) is 23.3 Å². The van der Waals surface area contributed by atoms with Gasteiger partial charge in [0.2, 0.25) is 5.60 Å². The van der Waals surface area contributed by atoms with Gasteiger partial charge in [0, 0.05) is 6.42 Å². The first-order valence-corrected chi connectivity index (χ1v) is 11.8. The number of para-hydroxylation sites is 1. The Hall–Kier alpha value is -2.19. The number of rotatable bonds is 8. The Balaban J connectivity index is 1.37. The molecule has 4 rings (SSSR count). The van der Waals surface area contributed by atoms with Gasteiger partial charge in [-0.25, -0.2) is 4.79 Å². The van der Waals surface area contributed by atoms with Gasteiger partial charge in [0.25, 0.3) is 0 Å². The molecule has 1 fully saturated rings. The lowest BCUT2D eigenvalue weighted by Crippen LogP contribution is -2.46. The van der Waals surface area contributed by atoms with Crippen LogP contribution in [0.3, 0.4) is 0 Å². The maximum atomic E-state index is 13.1. The van der Waals surface area contributed by atoms with E-state index in [1.807, 2.05) is 53.2 Å². The highest BCUT2D eigenvalue weighted by Gasteiger charge is 2.46. The predicted molar refractivity (Wildman–Crippen MR) is 119 cm³/mol. The third-order valence-electron chi connectivity index (χ3n) is 5.60. The van der Waals surface area contributed by atoms with Gasteiger partial charge in [-0.2, -0.15) is 0 Å². The maximum absolute atomic E-state index is 13.1. The van der Waals surface area contributed by atoms with Gasteiger partial charge in [-0.15, -0.1) is 22.7 Å². The SMILES string of the molecule is C[N+]1(CCOc2ccccc2)CCC(OC(=O)C(O)(c2cccs2)c2cccs2)C1. The van der Waals surface area contributed by atoms with Crippen LogP contribution in [0, 0.1) is 0 Å². The van der Waals surface area contributed by atoms with Gasteiger partial charge in [-0.3, -0.25) is 0 Å². The molecule has 0 spiro atoms. The van der Waals surface area contributed by atoms with E-state index in [2.05, 4.69) is 7.05 Å². The third-order valence-corrected chi connectivity index (χ3v) is 7.56. The molecule has 0 amide bonds. The molecule has 1 saturated heterocycles. The predicted octanol–water partition coefficient (Wildman–Crippen LogP) is 3.89. The van der Waals surface area contributed by atoms with Crippen LogP contribution in [0.15, 0.2) is 65.4 Å². The van der Waals surface area contributed by atoms with E-state index in [9.17, 15) is 9.90 Å². The molecule has 3 aromatic rings. The lowest BCUT2D eigenvalue weighted by Gasteiger charge is -2.30. The minimum atomic E-state index is -1.75. The summed E-state index contributed by atoms with van der Waals surface area (Å²) in [6.07, 6.45) is 0.559. The summed E-state index contributed by atoms with van der Waals surface area (Å²) in [5, 5.41) is 15.1. The molecule has 5 nitrogen and oxygen atoms in total. The minimum Gasteiger partial charge on any atom is -0.488 e. The first-order valence-electron chi connectivity index (χ1n) is 10.0. The molecule has 2 unspecified atom stereocenters. The zero-order valence-electron chi connectivity index (χ0n) is 16.9. The zero-order valence-corrected chi connectivity index (χ0v) is 18.5. The highest BCUT2D eigenvalue weighted by atomic mass is 32.1. The van der Waals surface area contributed by atoms with E-state index in [1.165, 1.54) is 22.7 Å². The van der Waals surface area contributed by atoms with Gasteiger partial charge >= 0.3 is 5.97 Å². The number of aliphatic hydroxyl groups is 1. The van der Waals surface area contributed by atoms with Crippen molar-refractivity contribution >= 4 is 28.6 Å². The first kappa shape index (κ1) is 21.1. The van der Waals surface area contributed by atoms with Crippen LogP contribution in [0.25, 0.3) is 0 Å². The van der Waals surface area contributed by atoms with E-state index in [0.29, 0.717) is 16.4 Å². The van der Waals surface area contributed by atoms with Crippen molar-refractivity contribution in [2.24, 2.45) is 0 Å². The fourth-order valence-electron chi connectivity index (χ4n) is 3.86. The van der Waals surface area contributed by atoms with Crippen LogP contribution in [0.2, 0.25) is 0 Å². The average molecular weight is 445 g/mol. The first-order chi connectivity index (χ1) is 14.5. The Morgan fingerprint density at radius 1 is 1.10 bits per heavy atom. The highest BCUT2D eigenvalue weighted by Crippen LogP contribution is 2.37. The van der Waals surface area contributed by atoms with Crippen molar-refractivity contribution in [1.29, 1.82) is 0 Å². The Morgan fingerprint density at radius 3 is 2.37 bits per heavy atom. The van der Waals surface area contributed by atoms with Gasteiger partial charge in [0.1, 0.15) is 25.4 Å². The van der Waals surface area contributed by atoms with Crippen molar-refractivity contribution < 1.29 is 23.9 Å². The van der Waals surface area contributed by atoms with Crippen LogP contribution in [0.5, 0.6) is 5.75 Å². The Kier molecular flexibility index (Phi) is 6.24. The van der Waals surface area contributed by atoms with Crippen molar-refractivity contribution in [3.05, 3.63) is 75.1 Å². The maximum Gasteiger partial charge on any atom is 0.349 e. The molecule has 0 radical (unpaired) electrons. The summed E-state index contributed by atoms with van der Waals surface area (Å²) in [5.74, 6) is 0.273. The fraction of sp³-hybridized carbons (Fsp3) is 0.348. The van der Waals surface area contributed by atoms with Gasteiger partial charge in [0.15, 0.2) is 6.10 Å². The number of thiophene rings is 2. The number of quaternary nitrogens is 1. The summed E-state index contributed by atoms with van der Waals surface area (Å²) in [5.41, 5.74) is -1.75. The van der Waals surface area contributed by atoms with Crippen molar-refractivity contribution in [2.75, 3.05) is 33.3 Å². The van der Waals surface area contributed by atoms with Crippen LogP contribution in [0.4, 0.5) is 0 Å². The fourth-order valence-corrected chi connectivity index (χ4v) is 5.57. The summed E-state index contributed by atoms with van der Waals surface area (Å²) in [6.45, 7) is 3.07. The van der Waals surface area contributed by atoms with Gasteiger partial charge in [-0.05, 0) is 35.0 Å². The normalized spacial score (nSPS) is 21.5. The molecule has 1 N–H and O–H groups in total. The molecule has 158 valence electrons. The quantitative estimate of drug-likeness (QED) is 0.423. The summed E-state index contributed by atoms with van der Waals surface area (Å²) >= 11 is 2.72. The lowest BCUT2D eigenvalue weighted by molar-refractivity contribution is -0.898. The number of benzene rings is 1. The molecule has 3 heterocycles. The van der Waals surface area contributed by atoms with Gasteiger partial charge < -0.3 is 19.1 Å². The monoisotopic (exact) mass is 444 g/mol. The lowest BCUT2D eigenvalue weighted by atomic mass is 10.00. The van der Waals surface area contributed by atoms with Crippen molar-refractivity contribution in [3.8, 4) is 5.75 Å². The number of nitrogens with zero attached hydrogens (tertiary/aromatic N) is 1.